The molecule has 2 saturated carbocycles. The molecular formula is C26H29NO2. The van der Waals surface area contributed by atoms with E-state index in [2.05, 4.69) is 26.0 Å². The van der Waals surface area contributed by atoms with Crippen molar-refractivity contribution in [2.24, 2.45) is 23.2 Å². The highest BCUT2D eigenvalue weighted by atomic mass is 16.3. The maximum atomic E-state index is 12.0. The minimum atomic E-state index is 0.168. The van der Waals surface area contributed by atoms with Crippen molar-refractivity contribution in [1.29, 1.82) is 0 Å². The number of ketones is 1. The Balaban J connectivity index is 1.38. The van der Waals surface area contributed by atoms with E-state index < -0.39 is 0 Å². The Labute approximate surface area is 172 Å². The number of rotatable bonds is 1. The topological polar surface area (TPSA) is 43.1 Å². The third-order valence-electron chi connectivity index (χ3n) is 9.08. The van der Waals surface area contributed by atoms with Crippen molar-refractivity contribution in [1.82, 2.24) is 4.98 Å². The van der Waals surface area contributed by atoms with Crippen LogP contribution >= 0.6 is 0 Å². The van der Waals surface area contributed by atoms with Gasteiger partial charge in [-0.1, -0.05) is 25.5 Å². The molecule has 5 unspecified atom stereocenters. The van der Waals surface area contributed by atoms with Gasteiger partial charge >= 0.3 is 0 Å². The largest absolute Gasteiger partial charge is 0.463 e. The summed E-state index contributed by atoms with van der Waals surface area (Å²) < 4.78 is 5.62. The number of fused-ring (bicyclic) bond motifs is 7. The van der Waals surface area contributed by atoms with Crippen LogP contribution in [-0.4, -0.2) is 10.8 Å². The van der Waals surface area contributed by atoms with E-state index in [1.807, 2.05) is 18.2 Å². The highest BCUT2D eigenvalue weighted by Gasteiger charge is 2.58. The quantitative estimate of drug-likeness (QED) is 0.613. The lowest BCUT2D eigenvalue weighted by Gasteiger charge is -2.57. The minimum absolute atomic E-state index is 0.168. The number of hydrogen-bond donors (Lipinski definition) is 0. The summed E-state index contributed by atoms with van der Waals surface area (Å²) in [5.41, 5.74) is 5.58. The molecule has 0 radical (unpaired) electrons. The van der Waals surface area contributed by atoms with Gasteiger partial charge in [-0.25, -0.2) is 4.98 Å². The van der Waals surface area contributed by atoms with Gasteiger partial charge in [0.05, 0.1) is 12.0 Å². The van der Waals surface area contributed by atoms with Crippen molar-refractivity contribution < 1.29 is 9.21 Å². The van der Waals surface area contributed by atoms with Crippen molar-refractivity contribution >= 4 is 5.78 Å². The number of nitrogens with zero attached hydrogens (tertiary/aromatic N) is 1. The molecule has 4 aliphatic carbocycles. The number of furan rings is 1. The molecule has 0 amide bonds. The van der Waals surface area contributed by atoms with E-state index in [0.29, 0.717) is 17.6 Å². The van der Waals surface area contributed by atoms with Gasteiger partial charge < -0.3 is 4.42 Å². The second kappa shape index (κ2) is 5.93. The van der Waals surface area contributed by atoms with E-state index in [4.69, 9.17) is 9.40 Å². The van der Waals surface area contributed by atoms with E-state index in [1.54, 1.807) is 6.26 Å². The first-order valence-electron chi connectivity index (χ1n) is 11.3. The molecule has 2 aromatic heterocycles. The Hall–Kier alpha value is -2.16. The normalized spacial score (nSPS) is 37.9. The molecule has 5 atom stereocenters. The van der Waals surface area contributed by atoms with Crippen molar-refractivity contribution in [3.63, 3.8) is 0 Å². The van der Waals surface area contributed by atoms with Gasteiger partial charge in [0.2, 0.25) is 0 Å². The van der Waals surface area contributed by atoms with Crippen LogP contribution in [0.2, 0.25) is 0 Å². The Bertz CT molecular complexity index is 1020. The SMILES string of the molecule is CC12CCC(=O)C=C1CCC1C2CCC2(C)c3nc(-c4ccco4)ccc3CC12. The van der Waals surface area contributed by atoms with Gasteiger partial charge in [0.15, 0.2) is 11.5 Å². The molecule has 2 heterocycles. The van der Waals surface area contributed by atoms with Crippen LogP contribution in [0.1, 0.15) is 63.6 Å². The van der Waals surface area contributed by atoms with Gasteiger partial charge in [0.1, 0.15) is 5.69 Å². The van der Waals surface area contributed by atoms with Gasteiger partial charge in [-0.05, 0) is 91.5 Å². The molecule has 0 aromatic carbocycles. The molecule has 2 aromatic rings. The van der Waals surface area contributed by atoms with Crippen molar-refractivity contribution in [2.45, 2.75) is 64.2 Å². The van der Waals surface area contributed by atoms with E-state index in [0.717, 1.165) is 43.1 Å². The third-order valence-corrected chi connectivity index (χ3v) is 9.08. The summed E-state index contributed by atoms with van der Waals surface area (Å²) in [7, 11) is 0. The lowest BCUT2D eigenvalue weighted by Crippen LogP contribution is -2.51. The molecule has 4 aliphatic rings. The Kier molecular flexibility index (Phi) is 3.62. The zero-order valence-corrected chi connectivity index (χ0v) is 17.4. The Morgan fingerprint density at radius 2 is 1.93 bits per heavy atom. The fraction of sp³-hybridized carbons (Fsp3) is 0.538. The highest BCUT2D eigenvalue weighted by Crippen LogP contribution is 2.64. The van der Waals surface area contributed by atoms with Crippen LogP contribution < -0.4 is 0 Å². The molecular weight excluding hydrogens is 358 g/mol. The molecule has 0 N–H and O–H groups in total. The average molecular weight is 388 g/mol. The lowest BCUT2D eigenvalue weighted by atomic mass is 9.47. The van der Waals surface area contributed by atoms with Gasteiger partial charge in [-0.3, -0.25) is 4.79 Å². The molecule has 0 aliphatic heterocycles. The molecule has 0 bridgehead atoms. The van der Waals surface area contributed by atoms with Crippen LogP contribution in [-0.2, 0) is 16.6 Å². The fourth-order valence-corrected chi connectivity index (χ4v) is 7.50. The van der Waals surface area contributed by atoms with Gasteiger partial charge in [-0.15, -0.1) is 0 Å². The van der Waals surface area contributed by atoms with Crippen molar-refractivity contribution in [2.75, 3.05) is 0 Å². The summed E-state index contributed by atoms with van der Waals surface area (Å²) in [6, 6.07) is 8.36. The summed E-state index contributed by atoms with van der Waals surface area (Å²) >= 11 is 0. The lowest BCUT2D eigenvalue weighted by molar-refractivity contribution is -0.117. The Morgan fingerprint density at radius 1 is 1.03 bits per heavy atom. The number of allylic oxidation sites excluding steroid dienone is 2. The summed E-state index contributed by atoms with van der Waals surface area (Å²) in [5.74, 6) is 3.34. The van der Waals surface area contributed by atoms with Crippen molar-refractivity contribution in [3.05, 3.63) is 53.4 Å². The van der Waals surface area contributed by atoms with Gasteiger partial charge in [-0.2, -0.15) is 0 Å². The third kappa shape index (κ3) is 2.36. The Morgan fingerprint density at radius 3 is 2.76 bits per heavy atom. The van der Waals surface area contributed by atoms with Crippen LogP contribution in [0.4, 0.5) is 0 Å². The predicted molar refractivity (Wildman–Crippen MR) is 112 cm³/mol. The zero-order valence-electron chi connectivity index (χ0n) is 17.4. The van der Waals surface area contributed by atoms with Crippen LogP contribution in [0.5, 0.6) is 0 Å². The van der Waals surface area contributed by atoms with E-state index in [1.165, 1.54) is 36.1 Å². The second-order valence-corrected chi connectivity index (χ2v) is 10.3. The van der Waals surface area contributed by atoms with Gasteiger partial charge in [0.25, 0.3) is 0 Å². The first-order chi connectivity index (χ1) is 14.0. The second-order valence-electron chi connectivity index (χ2n) is 10.3. The maximum Gasteiger partial charge on any atom is 0.155 e. The van der Waals surface area contributed by atoms with E-state index >= 15 is 0 Å². The number of hydrogen-bond acceptors (Lipinski definition) is 3. The van der Waals surface area contributed by atoms with Crippen molar-refractivity contribution in [3.8, 4) is 11.5 Å². The molecule has 29 heavy (non-hydrogen) atoms. The van der Waals surface area contributed by atoms with Crippen LogP contribution in [0.3, 0.4) is 0 Å². The predicted octanol–water partition coefficient (Wildman–Crippen LogP) is 5.89. The molecule has 3 nitrogen and oxygen atoms in total. The standard InChI is InChI=1S/C26H29NO2/c1-25-11-9-18(28)15-17(25)6-7-19-20(25)10-12-26(2)21(19)14-16-5-8-22(27-24(16)26)23-4-3-13-29-23/h3-5,8,13,15,19-21H,6-7,9-12,14H2,1-2H3. The van der Waals surface area contributed by atoms with Crippen LogP contribution in [0.15, 0.2) is 46.6 Å². The number of carbonyl (C=O) groups is 1. The summed E-state index contributed by atoms with van der Waals surface area (Å²) in [6.45, 7) is 4.93. The number of pyridine rings is 1. The summed E-state index contributed by atoms with van der Waals surface area (Å²) in [4.78, 5) is 17.2. The molecule has 150 valence electrons. The fourth-order valence-electron chi connectivity index (χ4n) is 7.50. The smallest absolute Gasteiger partial charge is 0.155 e. The number of carbonyl (C=O) groups excluding carboxylic acids is 1. The molecule has 2 fully saturated rings. The average Bonchev–Trinajstić information content (AvgIpc) is 3.34. The first kappa shape index (κ1) is 17.7. The van der Waals surface area contributed by atoms with Crippen LogP contribution in [0.25, 0.3) is 11.5 Å². The number of aromatic nitrogens is 1. The first-order valence-corrected chi connectivity index (χ1v) is 11.3. The minimum Gasteiger partial charge on any atom is -0.463 e. The van der Waals surface area contributed by atoms with E-state index in [9.17, 15) is 4.79 Å². The summed E-state index contributed by atoms with van der Waals surface area (Å²) in [5, 5.41) is 0. The van der Waals surface area contributed by atoms with Gasteiger partial charge in [0, 0.05) is 11.8 Å². The van der Waals surface area contributed by atoms with E-state index in [-0.39, 0.29) is 10.8 Å². The zero-order chi connectivity index (χ0) is 19.8. The highest BCUT2D eigenvalue weighted by molar-refractivity contribution is 5.91. The molecule has 0 spiro atoms. The monoisotopic (exact) mass is 387 g/mol. The molecule has 6 rings (SSSR count). The van der Waals surface area contributed by atoms with Crippen LogP contribution in [0, 0.1) is 23.2 Å². The summed E-state index contributed by atoms with van der Waals surface area (Å²) in [6.07, 6.45) is 11.5. The maximum absolute atomic E-state index is 12.0. The molecule has 3 heteroatoms. The molecule has 0 saturated heterocycles.